The van der Waals surface area contributed by atoms with Gasteiger partial charge in [0, 0.05) is 5.92 Å². The molecule has 0 aliphatic heterocycles. The van der Waals surface area contributed by atoms with Crippen molar-refractivity contribution in [1.82, 2.24) is 4.98 Å². The molecule has 0 spiro atoms. The van der Waals surface area contributed by atoms with Crippen LogP contribution in [0.4, 0.5) is 0 Å². The van der Waals surface area contributed by atoms with E-state index in [1.165, 1.54) is 147 Å². The monoisotopic (exact) mass is 509 g/mol. The molecule has 0 saturated heterocycles. The highest BCUT2D eigenvalue weighted by atomic mass is 15.1. The zero-order valence-electron chi connectivity index (χ0n) is 24.8. The second-order valence-corrected chi connectivity index (χ2v) is 11.7. The molecule has 1 aromatic carbocycles. The van der Waals surface area contributed by atoms with E-state index in [9.17, 15) is 0 Å². The summed E-state index contributed by atoms with van der Waals surface area (Å²) in [5, 5.41) is 0. The lowest BCUT2D eigenvalue weighted by Crippen LogP contribution is -2.42. The molecule has 0 radical (unpaired) electrons. The smallest absolute Gasteiger partial charge is 0.241 e. The van der Waals surface area contributed by atoms with Crippen LogP contribution in [0.2, 0.25) is 0 Å². The van der Waals surface area contributed by atoms with E-state index in [1.807, 2.05) is 0 Å². The Labute approximate surface area is 231 Å². The number of rotatable bonds is 25. The fourth-order valence-corrected chi connectivity index (χ4v) is 6.04. The van der Waals surface area contributed by atoms with Crippen molar-refractivity contribution in [3.05, 3.63) is 54.6 Å². The number of H-pyrrole nitrogens is 1. The van der Waals surface area contributed by atoms with Crippen LogP contribution in [-0.2, 0) is 6.42 Å². The van der Waals surface area contributed by atoms with Gasteiger partial charge in [0.25, 0.3) is 0 Å². The summed E-state index contributed by atoms with van der Waals surface area (Å²) in [4.78, 5) is 3.34. The lowest BCUT2D eigenvalue weighted by molar-refractivity contribution is -0.730. The van der Waals surface area contributed by atoms with Crippen LogP contribution in [0.3, 0.4) is 0 Å². The van der Waals surface area contributed by atoms with Crippen LogP contribution in [0.25, 0.3) is 0 Å². The van der Waals surface area contributed by atoms with Gasteiger partial charge in [-0.3, -0.25) is 4.98 Å². The van der Waals surface area contributed by atoms with Gasteiger partial charge in [-0.1, -0.05) is 160 Å². The zero-order valence-corrected chi connectivity index (χ0v) is 24.8. The third-order valence-corrected chi connectivity index (χ3v) is 8.37. The van der Waals surface area contributed by atoms with E-state index < -0.39 is 0 Å². The highest BCUT2D eigenvalue weighted by molar-refractivity contribution is 5.15. The first-order valence-corrected chi connectivity index (χ1v) is 16.4. The van der Waals surface area contributed by atoms with Gasteiger partial charge in [-0.05, 0) is 31.2 Å². The Morgan fingerprint density at radius 2 is 1.08 bits per heavy atom. The molecule has 0 saturated carbocycles. The molecule has 2 rings (SSSR count). The zero-order chi connectivity index (χ0) is 26.2. The fraction of sp³-hybridized carbons (Fsp3) is 0.743. The van der Waals surface area contributed by atoms with Gasteiger partial charge in [-0.15, -0.1) is 0 Å². The molecule has 2 unspecified atom stereocenters. The van der Waals surface area contributed by atoms with E-state index >= 15 is 0 Å². The van der Waals surface area contributed by atoms with Gasteiger partial charge in [0.15, 0.2) is 0 Å². The lowest BCUT2D eigenvalue weighted by atomic mass is 9.84. The summed E-state index contributed by atoms with van der Waals surface area (Å²) >= 11 is 0. The van der Waals surface area contributed by atoms with Crippen molar-refractivity contribution in [2.45, 2.75) is 161 Å². The van der Waals surface area contributed by atoms with E-state index in [-0.39, 0.29) is 0 Å². The van der Waals surface area contributed by atoms with Gasteiger partial charge in [0.1, 0.15) is 18.4 Å². The highest BCUT2D eigenvalue weighted by Crippen LogP contribution is 2.29. The standard InChI is InChI=1S/C35H60N2/c1-3-5-7-9-11-13-15-17-19-24-28-35(37-30-29-36-32-37)34(31-33-25-21-20-22-26-33)27-23-18-16-14-12-10-8-6-4-2/h20-22,25-26,29-30,32,34-35H,3-19,23-24,27-28,31H2,1-2H3/p+1. The number of nitrogens with one attached hydrogen (secondary N) is 1. The van der Waals surface area contributed by atoms with E-state index in [4.69, 9.17) is 0 Å². The van der Waals surface area contributed by atoms with E-state index in [0.29, 0.717) is 12.0 Å². The topological polar surface area (TPSA) is 19.7 Å². The molecule has 0 amide bonds. The molecule has 1 heterocycles. The Bertz CT molecular complexity index is 708. The summed E-state index contributed by atoms with van der Waals surface area (Å²) in [7, 11) is 0. The van der Waals surface area contributed by atoms with Gasteiger partial charge < -0.3 is 0 Å². The van der Waals surface area contributed by atoms with Gasteiger partial charge >= 0.3 is 0 Å². The van der Waals surface area contributed by atoms with Crippen molar-refractivity contribution < 1.29 is 4.57 Å². The van der Waals surface area contributed by atoms with Crippen molar-refractivity contribution >= 4 is 0 Å². The van der Waals surface area contributed by atoms with Crippen LogP contribution in [0.5, 0.6) is 0 Å². The van der Waals surface area contributed by atoms with Crippen LogP contribution in [0, 0.1) is 5.92 Å². The molecule has 0 aliphatic carbocycles. The Balaban J connectivity index is 1.80. The molecule has 1 aromatic heterocycles. The van der Waals surface area contributed by atoms with Gasteiger partial charge in [0.05, 0.1) is 0 Å². The van der Waals surface area contributed by atoms with Crippen molar-refractivity contribution in [3.63, 3.8) is 0 Å². The molecule has 0 fully saturated rings. The van der Waals surface area contributed by atoms with E-state index in [1.54, 1.807) is 0 Å². The Morgan fingerprint density at radius 1 is 0.595 bits per heavy atom. The van der Waals surface area contributed by atoms with Crippen LogP contribution < -0.4 is 4.57 Å². The molecular weight excluding hydrogens is 448 g/mol. The number of benzene rings is 1. The summed E-state index contributed by atoms with van der Waals surface area (Å²) < 4.78 is 2.50. The molecule has 2 nitrogen and oxygen atoms in total. The van der Waals surface area contributed by atoms with Gasteiger partial charge in [-0.2, -0.15) is 0 Å². The summed E-state index contributed by atoms with van der Waals surface area (Å²) in [6.45, 7) is 4.61. The number of unbranched alkanes of at least 4 members (excludes halogenated alkanes) is 17. The number of nitrogens with zero attached hydrogens (tertiary/aromatic N) is 1. The third-order valence-electron chi connectivity index (χ3n) is 8.37. The first kappa shape index (κ1) is 31.6. The van der Waals surface area contributed by atoms with Crippen molar-refractivity contribution in [3.8, 4) is 0 Å². The number of aromatic nitrogens is 2. The largest absolute Gasteiger partial charge is 0.250 e. The van der Waals surface area contributed by atoms with Gasteiger partial charge in [-0.25, -0.2) is 4.57 Å². The van der Waals surface area contributed by atoms with Gasteiger partial charge in [0.2, 0.25) is 6.33 Å². The predicted octanol–water partition coefficient (Wildman–Crippen LogP) is 10.9. The Kier molecular flexibility index (Phi) is 19.2. The molecule has 37 heavy (non-hydrogen) atoms. The van der Waals surface area contributed by atoms with Crippen LogP contribution >= 0.6 is 0 Å². The highest BCUT2D eigenvalue weighted by Gasteiger charge is 2.26. The first-order chi connectivity index (χ1) is 18.3. The molecule has 2 aromatic rings. The number of hydrogen-bond donors (Lipinski definition) is 1. The van der Waals surface area contributed by atoms with Crippen LogP contribution in [0.15, 0.2) is 49.1 Å². The maximum absolute atomic E-state index is 3.34. The van der Waals surface area contributed by atoms with Crippen LogP contribution in [-0.4, -0.2) is 4.98 Å². The number of aromatic amines is 1. The number of hydrogen-bond acceptors (Lipinski definition) is 0. The normalized spacial score (nSPS) is 13.1. The molecule has 0 aliphatic rings. The van der Waals surface area contributed by atoms with Crippen molar-refractivity contribution in [2.24, 2.45) is 5.92 Å². The van der Waals surface area contributed by atoms with E-state index in [2.05, 4.69) is 72.5 Å². The lowest BCUT2D eigenvalue weighted by Gasteiger charge is -2.25. The Hall–Kier alpha value is -1.57. The van der Waals surface area contributed by atoms with E-state index in [0.717, 1.165) is 0 Å². The second-order valence-electron chi connectivity index (χ2n) is 11.7. The molecule has 0 bridgehead atoms. The van der Waals surface area contributed by atoms with Crippen LogP contribution in [0.1, 0.15) is 160 Å². The van der Waals surface area contributed by atoms with Crippen molar-refractivity contribution in [1.29, 1.82) is 0 Å². The minimum absolute atomic E-state index is 0.606. The maximum atomic E-state index is 3.34. The molecule has 2 heteroatoms. The first-order valence-electron chi connectivity index (χ1n) is 16.4. The predicted molar refractivity (Wildman–Crippen MR) is 162 cm³/mol. The summed E-state index contributed by atoms with van der Waals surface area (Å²) in [5.41, 5.74) is 1.51. The maximum Gasteiger partial charge on any atom is 0.241 e. The average molecular weight is 510 g/mol. The minimum Gasteiger partial charge on any atom is -0.250 e. The molecule has 2 atom stereocenters. The summed E-state index contributed by atoms with van der Waals surface area (Å²) in [6, 6.07) is 11.9. The molecular formula is C35H61N2+. The second kappa shape index (κ2) is 22.4. The summed E-state index contributed by atoms with van der Waals surface area (Å²) in [6.07, 6.45) is 37.3. The number of imidazole rings is 1. The molecule has 210 valence electrons. The average Bonchev–Trinajstić information content (AvgIpc) is 3.46. The van der Waals surface area contributed by atoms with Crippen molar-refractivity contribution in [2.75, 3.05) is 0 Å². The SMILES string of the molecule is CCCCCCCCCCCCC(C(CCCCCCCCCCC)Cc1ccccc1)[n+]1cc[nH]c1. The fourth-order valence-electron chi connectivity index (χ4n) is 6.04. The summed E-state index contributed by atoms with van der Waals surface area (Å²) in [5.74, 6) is 0.714. The molecule has 1 N–H and O–H groups in total. The minimum atomic E-state index is 0.606. The Morgan fingerprint density at radius 3 is 1.57 bits per heavy atom. The third kappa shape index (κ3) is 15.4. The quantitative estimate of drug-likeness (QED) is 0.101.